The highest BCUT2D eigenvalue weighted by molar-refractivity contribution is 9.10. The number of carbonyl (C=O) groups excluding carboxylic acids is 1. The SMILES string of the molecule is CCOc1ccc(NC(=O)C(Br)C(C)C)cc1OC. The molecule has 0 radical (unpaired) electrons. The Morgan fingerprint density at radius 3 is 2.58 bits per heavy atom. The second kappa shape index (κ2) is 7.38. The highest BCUT2D eigenvalue weighted by Gasteiger charge is 2.19. The topological polar surface area (TPSA) is 47.6 Å². The maximum atomic E-state index is 11.9. The molecule has 19 heavy (non-hydrogen) atoms. The van der Waals surface area contributed by atoms with E-state index in [1.54, 1.807) is 25.3 Å². The van der Waals surface area contributed by atoms with Gasteiger partial charge in [-0.25, -0.2) is 0 Å². The Kier molecular flexibility index (Phi) is 6.15. The summed E-state index contributed by atoms with van der Waals surface area (Å²) in [6.45, 7) is 6.45. The van der Waals surface area contributed by atoms with Gasteiger partial charge in [-0.15, -0.1) is 0 Å². The van der Waals surface area contributed by atoms with E-state index in [-0.39, 0.29) is 16.7 Å². The van der Waals surface area contributed by atoms with Gasteiger partial charge in [-0.1, -0.05) is 29.8 Å². The van der Waals surface area contributed by atoms with Crippen LogP contribution in [-0.4, -0.2) is 24.5 Å². The van der Waals surface area contributed by atoms with Crippen molar-refractivity contribution >= 4 is 27.5 Å². The first-order valence-corrected chi connectivity index (χ1v) is 7.17. The van der Waals surface area contributed by atoms with Crippen LogP contribution < -0.4 is 14.8 Å². The summed E-state index contributed by atoms with van der Waals surface area (Å²) < 4.78 is 10.7. The molecule has 1 aromatic rings. The molecular formula is C14H20BrNO3. The van der Waals surface area contributed by atoms with Gasteiger partial charge in [-0.2, -0.15) is 0 Å². The molecule has 106 valence electrons. The second-order valence-electron chi connectivity index (χ2n) is 4.43. The van der Waals surface area contributed by atoms with Crippen molar-refractivity contribution in [2.24, 2.45) is 5.92 Å². The third-order valence-electron chi connectivity index (χ3n) is 2.57. The van der Waals surface area contributed by atoms with Gasteiger partial charge >= 0.3 is 0 Å². The van der Waals surface area contributed by atoms with Crippen molar-refractivity contribution < 1.29 is 14.3 Å². The number of halogens is 1. The minimum absolute atomic E-state index is 0.0683. The third kappa shape index (κ3) is 4.42. The Hall–Kier alpha value is -1.23. The van der Waals surface area contributed by atoms with E-state index in [0.717, 1.165) is 0 Å². The van der Waals surface area contributed by atoms with Crippen molar-refractivity contribution in [2.45, 2.75) is 25.6 Å². The first-order valence-electron chi connectivity index (χ1n) is 6.25. The Bertz CT molecular complexity index is 435. The standard InChI is InChI=1S/C14H20BrNO3/c1-5-19-11-7-6-10(8-12(11)18-4)16-14(17)13(15)9(2)3/h6-9,13H,5H2,1-4H3,(H,16,17). The number of alkyl halides is 1. The predicted octanol–water partition coefficient (Wildman–Crippen LogP) is 3.45. The van der Waals surface area contributed by atoms with Crippen LogP contribution >= 0.6 is 15.9 Å². The summed E-state index contributed by atoms with van der Waals surface area (Å²) in [4.78, 5) is 11.7. The number of ether oxygens (including phenoxy) is 2. The first kappa shape index (κ1) is 15.8. The second-order valence-corrected chi connectivity index (χ2v) is 5.42. The molecule has 1 rings (SSSR count). The normalized spacial score (nSPS) is 12.1. The molecule has 0 saturated heterocycles. The molecule has 0 aliphatic rings. The summed E-state index contributed by atoms with van der Waals surface area (Å²) in [5.41, 5.74) is 0.690. The molecular weight excluding hydrogens is 310 g/mol. The van der Waals surface area contributed by atoms with Crippen LogP contribution in [0.4, 0.5) is 5.69 Å². The summed E-state index contributed by atoms with van der Waals surface area (Å²) in [5.74, 6) is 1.43. The third-order valence-corrected chi connectivity index (χ3v) is 4.04. The quantitative estimate of drug-likeness (QED) is 0.813. The van der Waals surface area contributed by atoms with E-state index in [1.165, 1.54) is 0 Å². The lowest BCUT2D eigenvalue weighted by Gasteiger charge is -2.15. The minimum Gasteiger partial charge on any atom is -0.493 e. The van der Waals surface area contributed by atoms with E-state index in [1.807, 2.05) is 20.8 Å². The highest BCUT2D eigenvalue weighted by Crippen LogP contribution is 2.30. The number of amides is 1. The van der Waals surface area contributed by atoms with Crippen molar-refractivity contribution in [3.8, 4) is 11.5 Å². The van der Waals surface area contributed by atoms with Crippen LogP contribution in [0.5, 0.6) is 11.5 Å². The van der Waals surface area contributed by atoms with Gasteiger partial charge < -0.3 is 14.8 Å². The van der Waals surface area contributed by atoms with Crippen LogP contribution in [0.15, 0.2) is 18.2 Å². The molecule has 0 bridgehead atoms. The maximum Gasteiger partial charge on any atom is 0.238 e. The molecule has 0 aromatic heterocycles. The fraction of sp³-hybridized carbons (Fsp3) is 0.500. The Labute approximate surface area is 122 Å². The summed E-state index contributed by atoms with van der Waals surface area (Å²) in [5, 5.41) is 2.85. The Morgan fingerprint density at radius 2 is 2.05 bits per heavy atom. The lowest BCUT2D eigenvalue weighted by atomic mass is 10.1. The number of carbonyl (C=O) groups is 1. The largest absolute Gasteiger partial charge is 0.493 e. The zero-order valence-corrected chi connectivity index (χ0v) is 13.3. The molecule has 0 fully saturated rings. The van der Waals surface area contributed by atoms with Gasteiger partial charge in [0.1, 0.15) is 0 Å². The zero-order chi connectivity index (χ0) is 14.4. The molecule has 1 unspecified atom stereocenters. The number of methoxy groups -OCH3 is 1. The van der Waals surface area contributed by atoms with E-state index >= 15 is 0 Å². The van der Waals surface area contributed by atoms with Gasteiger partial charge in [-0.05, 0) is 25.0 Å². The van der Waals surface area contributed by atoms with E-state index in [9.17, 15) is 4.79 Å². The molecule has 0 aliphatic carbocycles. The highest BCUT2D eigenvalue weighted by atomic mass is 79.9. The number of benzene rings is 1. The van der Waals surface area contributed by atoms with Gasteiger partial charge in [0, 0.05) is 11.8 Å². The van der Waals surface area contributed by atoms with Crippen molar-refractivity contribution in [3.05, 3.63) is 18.2 Å². The van der Waals surface area contributed by atoms with Crippen molar-refractivity contribution in [2.75, 3.05) is 19.0 Å². The molecule has 1 atom stereocenters. The number of anilines is 1. The van der Waals surface area contributed by atoms with Gasteiger partial charge in [-0.3, -0.25) is 4.79 Å². The zero-order valence-electron chi connectivity index (χ0n) is 11.7. The number of rotatable bonds is 6. The Morgan fingerprint density at radius 1 is 1.37 bits per heavy atom. The summed E-state index contributed by atoms with van der Waals surface area (Å²) >= 11 is 3.37. The molecule has 0 saturated carbocycles. The predicted molar refractivity (Wildman–Crippen MR) is 80.3 cm³/mol. The average Bonchev–Trinajstić information content (AvgIpc) is 2.39. The smallest absolute Gasteiger partial charge is 0.238 e. The van der Waals surface area contributed by atoms with Crippen LogP contribution in [0.1, 0.15) is 20.8 Å². The molecule has 0 spiro atoms. The lowest BCUT2D eigenvalue weighted by molar-refractivity contribution is -0.116. The lowest BCUT2D eigenvalue weighted by Crippen LogP contribution is -2.26. The molecule has 0 heterocycles. The fourth-order valence-corrected chi connectivity index (χ4v) is 1.65. The summed E-state index contributed by atoms with van der Waals surface area (Å²) in [7, 11) is 1.57. The minimum atomic E-state index is -0.218. The van der Waals surface area contributed by atoms with Crippen molar-refractivity contribution in [1.82, 2.24) is 0 Å². The fourth-order valence-electron chi connectivity index (χ4n) is 1.53. The Balaban J connectivity index is 2.82. The van der Waals surface area contributed by atoms with E-state index in [0.29, 0.717) is 23.8 Å². The van der Waals surface area contributed by atoms with Crippen molar-refractivity contribution in [3.63, 3.8) is 0 Å². The maximum absolute atomic E-state index is 11.9. The molecule has 1 amide bonds. The van der Waals surface area contributed by atoms with E-state index in [2.05, 4.69) is 21.2 Å². The van der Waals surface area contributed by atoms with Gasteiger partial charge in [0.15, 0.2) is 11.5 Å². The van der Waals surface area contributed by atoms with Crippen LogP contribution in [0.2, 0.25) is 0 Å². The molecule has 4 nitrogen and oxygen atoms in total. The molecule has 0 aliphatic heterocycles. The first-order chi connectivity index (χ1) is 8.99. The monoisotopic (exact) mass is 329 g/mol. The van der Waals surface area contributed by atoms with Crippen LogP contribution in [0.25, 0.3) is 0 Å². The van der Waals surface area contributed by atoms with Crippen LogP contribution in [-0.2, 0) is 4.79 Å². The van der Waals surface area contributed by atoms with E-state index in [4.69, 9.17) is 9.47 Å². The van der Waals surface area contributed by atoms with Crippen LogP contribution in [0, 0.1) is 5.92 Å². The molecule has 1 aromatic carbocycles. The summed E-state index contributed by atoms with van der Waals surface area (Å²) in [6.07, 6.45) is 0. The number of hydrogen-bond donors (Lipinski definition) is 1. The average molecular weight is 330 g/mol. The van der Waals surface area contributed by atoms with E-state index < -0.39 is 0 Å². The van der Waals surface area contributed by atoms with Crippen LogP contribution in [0.3, 0.4) is 0 Å². The van der Waals surface area contributed by atoms with Gasteiger partial charge in [0.2, 0.25) is 5.91 Å². The van der Waals surface area contributed by atoms with Gasteiger partial charge in [0.05, 0.1) is 18.5 Å². The number of nitrogens with one attached hydrogen (secondary N) is 1. The molecule has 5 heteroatoms. The van der Waals surface area contributed by atoms with Crippen molar-refractivity contribution in [1.29, 1.82) is 0 Å². The summed E-state index contributed by atoms with van der Waals surface area (Å²) in [6, 6.07) is 5.34. The number of hydrogen-bond acceptors (Lipinski definition) is 3. The molecule has 1 N–H and O–H groups in total. The van der Waals surface area contributed by atoms with Gasteiger partial charge in [0.25, 0.3) is 0 Å².